The lowest BCUT2D eigenvalue weighted by Crippen LogP contribution is -2.35. The van der Waals surface area contributed by atoms with Gasteiger partial charge in [-0.3, -0.25) is 9.00 Å². The molecule has 1 aromatic rings. The number of nitrogen functional groups attached to an aromatic ring is 1. The number of carbonyl (C=O) groups excluding carboxylic acids is 1. The predicted octanol–water partition coefficient (Wildman–Crippen LogP) is 1.94. The summed E-state index contributed by atoms with van der Waals surface area (Å²) in [7, 11) is -1.43. The molecule has 18 heavy (non-hydrogen) atoms. The third kappa shape index (κ3) is 3.71. The van der Waals surface area contributed by atoms with Crippen LogP contribution < -0.4 is 11.1 Å². The Morgan fingerprint density at radius 2 is 2.22 bits per heavy atom. The maximum absolute atomic E-state index is 12.2. The SMILES string of the molecule is CCCNC(=O)C(C)S(=O)c1ccc(N)c(Cl)c1. The van der Waals surface area contributed by atoms with Gasteiger partial charge >= 0.3 is 0 Å². The Morgan fingerprint density at radius 1 is 1.56 bits per heavy atom. The lowest BCUT2D eigenvalue weighted by atomic mass is 10.3. The Labute approximate surface area is 114 Å². The quantitative estimate of drug-likeness (QED) is 0.814. The molecule has 1 aromatic carbocycles. The van der Waals surface area contributed by atoms with E-state index in [-0.39, 0.29) is 5.91 Å². The van der Waals surface area contributed by atoms with E-state index in [1.165, 1.54) is 6.07 Å². The maximum atomic E-state index is 12.2. The number of halogens is 1. The van der Waals surface area contributed by atoms with Crippen LogP contribution in [0.4, 0.5) is 5.69 Å². The van der Waals surface area contributed by atoms with Crippen molar-refractivity contribution in [2.45, 2.75) is 30.4 Å². The summed E-state index contributed by atoms with van der Waals surface area (Å²) in [6.45, 7) is 4.18. The van der Waals surface area contributed by atoms with Gasteiger partial charge in [0.25, 0.3) is 0 Å². The number of nitrogens with two attached hydrogens (primary N) is 1. The first kappa shape index (κ1) is 15.0. The van der Waals surface area contributed by atoms with E-state index >= 15 is 0 Å². The number of hydrogen-bond acceptors (Lipinski definition) is 3. The van der Waals surface area contributed by atoms with Crippen LogP contribution in [0.15, 0.2) is 23.1 Å². The number of amides is 1. The summed E-state index contributed by atoms with van der Waals surface area (Å²) in [6, 6.07) is 4.75. The van der Waals surface area contributed by atoms with E-state index in [2.05, 4.69) is 5.32 Å². The van der Waals surface area contributed by atoms with Crippen molar-refractivity contribution < 1.29 is 9.00 Å². The second-order valence-electron chi connectivity index (χ2n) is 3.91. The number of nitrogens with one attached hydrogen (secondary N) is 1. The molecular formula is C12H17ClN2O2S. The van der Waals surface area contributed by atoms with Crippen molar-refractivity contribution in [2.75, 3.05) is 12.3 Å². The topological polar surface area (TPSA) is 72.2 Å². The normalized spacial score (nSPS) is 13.9. The Morgan fingerprint density at radius 3 is 2.78 bits per heavy atom. The minimum absolute atomic E-state index is 0.219. The molecule has 6 heteroatoms. The highest BCUT2D eigenvalue weighted by Gasteiger charge is 2.21. The van der Waals surface area contributed by atoms with Crippen LogP contribution in [0.1, 0.15) is 20.3 Å². The minimum Gasteiger partial charge on any atom is -0.398 e. The van der Waals surface area contributed by atoms with Crippen LogP contribution in [0.2, 0.25) is 5.02 Å². The van der Waals surface area contributed by atoms with Gasteiger partial charge in [-0.25, -0.2) is 0 Å². The van der Waals surface area contributed by atoms with Gasteiger partial charge in [0, 0.05) is 11.4 Å². The highest BCUT2D eigenvalue weighted by atomic mass is 35.5. The van der Waals surface area contributed by atoms with Crippen LogP contribution in [0.3, 0.4) is 0 Å². The molecule has 1 rings (SSSR count). The fourth-order valence-electron chi connectivity index (χ4n) is 1.33. The zero-order valence-electron chi connectivity index (χ0n) is 10.4. The van der Waals surface area contributed by atoms with Crippen LogP contribution in [-0.2, 0) is 15.6 Å². The number of anilines is 1. The summed E-state index contributed by atoms with van der Waals surface area (Å²) in [5, 5.41) is 2.45. The van der Waals surface area contributed by atoms with Crippen molar-refractivity contribution in [1.82, 2.24) is 5.32 Å². The fraction of sp³-hybridized carbons (Fsp3) is 0.417. The lowest BCUT2D eigenvalue weighted by Gasteiger charge is -2.12. The van der Waals surface area contributed by atoms with Gasteiger partial charge in [0.15, 0.2) is 0 Å². The molecule has 0 aliphatic heterocycles. The molecule has 100 valence electrons. The van der Waals surface area contributed by atoms with E-state index in [9.17, 15) is 9.00 Å². The summed E-state index contributed by atoms with van der Waals surface area (Å²) >= 11 is 5.87. The van der Waals surface area contributed by atoms with Gasteiger partial charge in [0.1, 0.15) is 5.25 Å². The number of carbonyl (C=O) groups is 1. The third-order valence-electron chi connectivity index (χ3n) is 2.44. The first-order chi connectivity index (χ1) is 8.47. The van der Waals surface area contributed by atoms with Gasteiger partial charge in [-0.05, 0) is 31.5 Å². The highest BCUT2D eigenvalue weighted by Crippen LogP contribution is 2.22. The van der Waals surface area contributed by atoms with Crippen molar-refractivity contribution >= 4 is 34.0 Å². The van der Waals surface area contributed by atoms with Gasteiger partial charge in [0.2, 0.25) is 5.91 Å². The standard InChI is InChI=1S/C12H17ClN2O2S/c1-3-6-15-12(16)8(2)18(17)9-4-5-11(14)10(13)7-9/h4-5,7-8H,3,6,14H2,1-2H3,(H,15,16). The van der Waals surface area contributed by atoms with Crippen molar-refractivity contribution in [3.63, 3.8) is 0 Å². The van der Waals surface area contributed by atoms with E-state index in [1.807, 2.05) is 6.92 Å². The lowest BCUT2D eigenvalue weighted by molar-refractivity contribution is -0.120. The fourth-order valence-corrected chi connectivity index (χ4v) is 2.69. The van der Waals surface area contributed by atoms with Crippen molar-refractivity contribution in [2.24, 2.45) is 0 Å². The summed E-state index contributed by atoms with van der Waals surface area (Å²) < 4.78 is 12.2. The second-order valence-corrected chi connectivity index (χ2v) is 6.09. The van der Waals surface area contributed by atoms with Crippen molar-refractivity contribution in [3.8, 4) is 0 Å². The Bertz CT molecular complexity index is 465. The molecule has 0 heterocycles. The Balaban J connectivity index is 2.79. The zero-order valence-corrected chi connectivity index (χ0v) is 12.0. The molecule has 0 aliphatic carbocycles. The van der Waals surface area contributed by atoms with Crippen molar-refractivity contribution in [3.05, 3.63) is 23.2 Å². The minimum atomic E-state index is -1.43. The van der Waals surface area contributed by atoms with Crippen LogP contribution in [0.25, 0.3) is 0 Å². The van der Waals surface area contributed by atoms with Gasteiger partial charge in [-0.2, -0.15) is 0 Å². The molecule has 2 unspecified atom stereocenters. The van der Waals surface area contributed by atoms with Crippen molar-refractivity contribution in [1.29, 1.82) is 0 Å². The van der Waals surface area contributed by atoms with Gasteiger partial charge in [0.05, 0.1) is 21.5 Å². The summed E-state index contributed by atoms with van der Waals surface area (Å²) in [6.07, 6.45) is 0.846. The molecule has 4 nitrogen and oxygen atoms in total. The molecule has 3 N–H and O–H groups in total. The van der Waals surface area contributed by atoms with Crippen LogP contribution in [0.5, 0.6) is 0 Å². The number of hydrogen-bond donors (Lipinski definition) is 2. The molecule has 0 saturated heterocycles. The Kier molecular flexibility index (Phi) is 5.62. The van der Waals surface area contributed by atoms with Gasteiger partial charge in [-0.1, -0.05) is 18.5 Å². The third-order valence-corrected chi connectivity index (χ3v) is 4.35. The number of benzene rings is 1. The summed E-state index contributed by atoms with van der Waals surface area (Å²) in [5.41, 5.74) is 6.01. The average Bonchev–Trinajstić information content (AvgIpc) is 2.37. The largest absolute Gasteiger partial charge is 0.398 e. The molecule has 2 atom stereocenters. The van der Waals surface area contributed by atoms with E-state index in [0.717, 1.165) is 6.42 Å². The maximum Gasteiger partial charge on any atom is 0.235 e. The van der Waals surface area contributed by atoms with Gasteiger partial charge in [-0.15, -0.1) is 0 Å². The molecule has 0 fully saturated rings. The Hall–Kier alpha value is -1.07. The average molecular weight is 289 g/mol. The first-order valence-corrected chi connectivity index (χ1v) is 7.29. The molecule has 1 amide bonds. The molecule has 0 saturated carbocycles. The zero-order chi connectivity index (χ0) is 13.7. The van der Waals surface area contributed by atoms with Crippen LogP contribution in [0, 0.1) is 0 Å². The summed E-state index contributed by atoms with van der Waals surface area (Å²) in [5.74, 6) is -0.219. The molecule has 0 aliphatic rings. The highest BCUT2D eigenvalue weighted by molar-refractivity contribution is 7.86. The van der Waals surface area contributed by atoms with E-state index in [1.54, 1.807) is 19.1 Å². The first-order valence-electron chi connectivity index (χ1n) is 5.70. The molecule has 0 bridgehead atoms. The van der Waals surface area contributed by atoms with E-state index in [4.69, 9.17) is 17.3 Å². The van der Waals surface area contributed by atoms with Gasteiger partial charge < -0.3 is 11.1 Å². The monoisotopic (exact) mass is 288 g/mol. The van der Waals surface area contributed by atoms with Crippen LogP contribution in [-0.4, -0.2) is 21.9 Å². The predicted molar refractivity (Wildman–Crippen MR) is 75.0 cm³/mol. The molecule has 0 spiro atoms. The second kappa shape index (κ2) is 6.75. The van der Waals surface area contributed by atoms with E-state index in [0.29, 0.717) is 22.2 Å². The number of rotatable bonds is 5. The summed E-state index contributed by atoms with van der Waals surface area (Å²) in [4.78, 5) is 12.2. The molecule has 0 radical (unpaired) electrons. The van der Waals surface area contributed by atoms with Crippen LogP contribution >= 0.6 is 11.6 Å². The van der Waals surface area contributed by atoms with E-state index < -0.39 is 16.0 Å². The molecular weight excluding hydrogens is 272 g/mol. The smallest absolute Gasteiger partial charge is 0.235 e. The molecule has 0 aromatic heterocycles.